The first-order chi connectivity index (χ1) is 10.7. The van der Waals surface area contributed by atoms with Crippen LogP contribution in [0.1, 0.15) is 20.1 Å². The van der Waals surface area contributed by atoms with E-state index in [1.165, 1.54) is 11.3 Å². The summed E-state index contributed by atoms with van der Waals surface area (Å²) < 4.78 is 0. The Morgan fingerprint density at radius 3 is 2.68 bits per heavy atom. The van der Waals surface area contributed by atoms with Gasteiger partial charge in [0.25, 0.3) is 5.91 Å². The third-order valence-corrected chi connectivity index (χ3v) is 4.71. The van der Waals surface area contributed by atoms with E-state index in [9.17, 15) is 4.79 Å². The van der Waals surface area contributed by atoms with Crippen molar-refractivity contribution in [2.24, 2.45) is 0 Å². The van der Waals surface area contributed by atoms with Crippen LogP contribution in [-0.4, -0.2) is 42.0 Å². The number of hydrogen-bond donors (Lipinski definition) is 0. The van der Waals surface area contributed by atoms with Crippen LogP contribution in [0.4, 0.5) is 5.82 Å². The fourth-order valence-electron chi connectivity index (χ4n) is 2.56. The minimum Gasteiger partial charge on any atom is -0.352 e. The fraction of sp³-hybridized carbons (Fsp3) is 0.312. The lowest BCUT2D eigenvalue weighted by Gasteiger charge is -2.35. The van der Waals surface area contributed by atoms with E-state index in [0.29, 0.717) is 37.6 Å². The number of piperazine rings is 1. The van der Waals surface area contributed by atoms with Crippen molar-refractivity contribution < 1.29 is 4.79 Å². The van der Waals surface area contributed by atoms with Gasteiger partial charge in [-0.1, -0.05) is 0 Å². The van der Waals surface area contributed by atoms with Crippen molar-refractivity contribution in [1.29, 1.82) is 5.26 Å². The van der Waals surface area contributed by atoms with E-state index < -0.39 is 0 Å². The highest BCUT2D eigenvalue weighted by Crippen LogP contribution is 2.21. The average molecular weight is 312 g/mol. The summed E-state index contributed by atoms with van der Waals surface area (Å²) in [6.45, 7) is 4.70. The summed E-state index contributed by atoms with van der Waals surface area (Å²) in [6, 6.07) is 9.57. The lowest BCUT2D eigenvalue weighted by atomic mass is 10.2. The molecule has 2 aromatic heterocycles. The van der Waals surface area contributed by atoms with Crippen LogP contribution in [0.5, 0.6) is 0 Å². The Kier molecular flexibility index (Phi) is 4.07. The summed E-state index contributed by atoms with van der Waals surface area (Å²) in [5, 5.41) is 9.16. The molecule has 0 radical (unpaired) electrons. The average Bonchev–Trinajstić information content (AvgIpc) is 3.01. The lowest BCUT2D eigenvalue weighted by molar-refractivity contribution is 0.0751. The van der Waals surface area contributed by atoms with Crippen molar-refractivity contribution in [3.63, 3.8) is 0 Å². The number of anilines is 1. The van der Waals surface area contributed by atoms with Gasteiger partial charge in [-0.3, -0.25) is 4.79 Å². The first-order valence-corrected chi connectivity index (χ1v) is 7.96. The number of aromatic nitrogens is 1. The number of amides is 1. The van der Waals surface area contributed by atoms with E-state index in [0.717, 1.165) is 9.75 Å². The maximum absolute atomic E-state index is 12.4. The molecule has 1 amide bonds. The minimum atomic E-state index is 0.0966. The van der Waals surface area contributed by atoms with Gasteiger partial charge in [0.1, 0.15) is 11.9 Å². The van der Waals surface area contributed by atoms with Crippen LogP contribution in [0.25, 0.3) is 0 Å². The van der Waals surface area contributed by atoms with Crippen LogP contribution in [0.3, 0.4) is 0 Å². The van der Waals surface area contributed by atoms with Crippen molar-refractivity contribution in [2.45, 2.75) is 6.92 Å². The third-order valence-electron chi connectivity index (χ3n) is 3.72. The smallest absolute Gasteiger partial charge is 0.264 e. The van der Waals surface area contributed by atoms with Crippen molar-refractivity contribution >= 4 is 23.1 Å². The molecule has 5 nitrogen and oxygen atoms in total. The number of nitriles is 1. The van der Waals surface area contributed by atoms with Gasteiger partial charge in [-0.15, -0.1) is 11.3 Å². The Hall–Kier alpha value is -2.39. The number of carbonyl (C=O) groups excluding carboxylic acids is 1. The van der Waals surface area contributed by atoms with E-state index in [2.05, 4.69) is 16.0 Å². The van der Waals surface area contributed by atoms with Gasteiger partial charge < -0.3 is 9.80 Å². The van der Waals surface area contributed by atoms with Crippen LogP contribution in [0, 0.1) is 18.3 Å². The highest BCUT2D eigenvalue weighted by molar-refractivity contribution is 7.13. The Balaban J connectivity index is 1.68. The zero-order valence-electron chi connectivity index (χ0n) is 12.3. The SMILES string of the molecule is Cc1ccc(C(=O)N2CCN(c3ncccc3C#N)CC2)s1. The second kappa shape index (κ2) is 6.16. The molecule has 0 aromatic carbocycles. The van der Waals surface area contributed by atoms with Gasteiger partial charge in [0.05, 0.1) is 10.4 Å². The Labute approximate surface area is 133 Å². The van der Waals surface area contributed by atoms with Crippen molar-refractivity contribution in [3.05, 3.63) is 45.8 Å². The molecule has 0 bridgehead atoms. The molecule has 6 heteroatoms. The second-order valence-corrected chi connectivity index (χ2v) is 6.46. The molecule has 3 heterocycles. The highest BCUT2D eigenvalue weighted by Gasteiger charge is 2.24. The van der Waals surface area contributed by atoms with Crippen molar-refractivity contribution in [1.82, 2.24) is 9.88 Å². The van der Waals surface area contributed by atoms with E-state index in [-0.39, 0.29) is 5.91 Å². The number of hydrogen-bond acceptors (Lipinski definition) is 5. The number of pyridine rings is 1. The summed E-state index contributed by atoms with van der Waals surface area (Å²) in [4.78, 5) is 22.6. The van der Waals surface area contributed by atoms with Gasteiger partial charge >= 0.3 is 0 Å². The molecule has 0 N–H and O–H groups in total. The molecule has 1 saturated heterocycles. The second-order valence-electron chi connectivity index (χ2n) is 5.18. The molecule has 0 unspecified atom stereocenters. The summed E-state index contributed by atoms with van der Waals surface area (Å²) in [5.74, 6) is 0.809. The summed E-state index contributed by atoms with van der Waals surface area (Å²) in [6.07, 6.45) is 1.70. The van der Waals surface area contributed by atoms with Crippen LogP contribution in [0.15, 0.2) is 30.5 Å². The number of carbonyl (C=O) groups is 1. The molecular formula is C16H16N4OS. The molecule has 1 aliphatic heterocycles. The molecule has 0 aliphatic carbocycles. The molecule has 0 atom stereocenters. The maximum atomic E-state index is 12.4. The first-order valence-electron chi connectivity index (χ1n) is 7.15. The Morgan fingerprint density at radius 1 is 1.27 bits per heavy atom. The molecular weight excluding hydrogens is 296 g/mol. The quantitative estimate of drug-likeness (QED) is 0.853. The monoisotopic (exact) mass is 312 g/mol. The molecule has 22 heavy (non-hydrogen) atoms. The normalized spacial score (nSPS) is 14.7. The number of nitrogens with zero attached hydrogens (tertiary/aromatic N) is 4. The Morgan fingerprint density at radius 2 is 2.05 bits per heavy atom. The van der Waals surface area contributed by atoms with Gasteiger partial charge in [-0.05, 0) is 31.2 Å². The lowest BCUT2D eigenvalue weighted by Crippen LogP contribution is -2.49. The minimum absolute atomic E-state index is 0.0966. The number of thiophene rings is 1. The summed E-state index contributed by atoms with van der Waals surface area (Å²) in [5.41, 5.74) is 0.580. The highest BCUT2D eigenvalue weighted by atomic mass is 32.1. The molecule has 0 spiro atoms. The first kappa shape index (κ1) is 14.5. The largest absolute Gasteiger partial charge is 0.352 e. The predicted octanol–water partition coefficient (Wildman–Crippen LogP) is 2.29. The van der Waals surface area contributed by atoms with E-state index in [1.807, 2.05) is 24.0 Å². The maximum Gasteiger partial charge on any atom is 0.264 e. The Bertz CT molecular complexity index is 726. The van der Waals surface area contributed by atoms with Gasteiger partial charge in [-0.2, -0.15) is 5.26 Å². The third kappa shape index (κ3) is 2.81. The van der Waals surface area contributed by atoms with Gasteiger partial charge in [0.15, 0.2) is 0 Å². The van der Waals surface area contributed by atoms with Crippen LogP contribution in [-0.2, 0) is 0 Å². The topological polar surface area (TPSA) is 60.2 Å². The van der Waals surface area contributed by atoms with Crippen LogP contribution in [0.2, 0.25) is 0 Å². The van der Waals surface area contributed by atoms with Crippen LogP contribution < -0.4 is 4.90 Å². The molecule has 3 rings (SSSR count). The standard InChI is InChI=1S/C16H16N4OS/c1-12-4-5-14(22-12)16(21)20-9-7-19(8-10-20)15-13(11-17)3-2-6-18-15/h2-6H,7-10H2,1H3. The molecule has 2 aromatic rings. The van der Waals surface area contributed by atoms with Crippen molar-refractivity contribution in [2.75, 3.05) is 31.1 Å². The zero-order chi connectivity index (χ0) is 15.5. The predicted molar refractivity (Wildman–Crippen MR) is 86.1 cm³/mol. The van der Waals surface area contributed by atoms with Gasteiger partial charge in [-0.25, -0.2) is 4.98 Å². The molecule has 1 aliphatic rings. The van der Waals surface area contributed by atoms with Gasteiger partial charge in [0.2, 0.25) is 0 Å². The fourth-order valence-corrected chi connectivity index (χ4v) is 3.40. The summed E-state index contributed by atoms with van der Waals surface area (Å²) >= 11 is 1.53. The molecule has 112 valence electrons. The summed E-state index contributed by atoms with van der Waals surface area (Å²) in [7, 11) is 0. The number of aryl methyl sites for hydroxylation is 1. The van der Waals surface area contributed by atoms with E-state index in [4.69, 9.17) is 5.26 Å². The van der Waals surface area contributed by atoms with Gasteiger partial charge in [0, 0.05) is 37.3 Å². The van der Waals surface area contributed by atoms with E-state index >= 15 is 0 Å². The number of rotatable bonds is 2. The zero-order valence-corrected chi connectivity index (χ0v) is 13.1. The van der Waals surface area contributed by atoms with Crippen molar-refractivity contribution in [3.8, 4) is 6.07 Å². The molecule has 0 saturated carbocycles. The van der Waals surface area contributed by atoms with E-state index in [1.54, 1.807) is 18.3 Å². The van der Waals surface area contributed by atoms with Crippen LogP contribution >= 0.6 is 11.3 Å². The molecule has 1 fully saturated rings.